The SMILES string of the molecule is O=C(COc1cccc(-n2cnnn2)c1)Nc1ccc(Cl)cc1C(=O)c1ccccc1. The second-order valence-corrected chi connectivity index (χ2v) is 6.91. The lowest BCUT2D eigenvalue weighted by atomic mass is 10.0. The van der Waals surface area contributed by atoms with Gasteiger partial charge in [0.15, 0.2) is 12.4 Å². The summed E-state index contributed by atoms with van der Waals surface area (Å²) in [4.78, 5) is 25.3. The minimum absolute atomic E-state index is 0.242. The maximum atomic E-state index is 12.9. The number of nitrogens with zero attached hydrogens (tertiary/aromatic N) is 4. The molecule has 0 saturated heterocycles. The van der Waals surface area contributed by atoms with Crippen molar-refractivity contribution in [1.29, 1.82) is 0 Å². The number of ketones is 1. The van der Waals surface area contributed by atoms with Crippen LogP contribution < -0.4 is 10.1 Å². The number of tetrazole rings is 1. The van der Waals surface area contributed by atoms with Crippen LogP contribution in [0.4, 0.5) is 5.69 Å². The first-order valence-corrected chi connectivity index (χ1v) is 9.63. The Morgan fingerprint density at radius 2 is 1.84 bits per heavy atom. The number of carbonyl (C=O) groups is 2. The van der Waals surface area contributed by atoms with Crippen LogP contribution in [0, 0.1) is 0 Å². The molecule has 31 heavy (non-hydrogen) atoms. The van der Waals surface area contributed by atoms with E-state index < -0.39 is 5.91 Å². The highest BCUT2D eigenvalue weighted by atomic mass is 35.5. The molecular formula is C22H16ClN5O3. The molecule has 0 atom stereocenters. The minimum atomic E-state index is -0.419. The molecule has 0 aliphatic carbocycles. The van der Waals surface area contributed by atoms with Gasteiger partial charge < -0.3 is 10.1 Å². The number of amides is 1. The zero-order chi connectivity index (χ0) is 21.6. The molecule has 1 N–H and O–H groups in total. The number of anilines is 1. The Bertz CT molecular complexity index is 1210. The number of halogens is 1. The summed E-state index contributed by atoms with van der Waals surface area (Å²) in [5, 5.41) is 14.1. The van der Waals surface area contributed by atoms with Crippen molar-refractivity contribution in [3.63, 3.8) is 0 Å². The minimum Gasteiger partial charge on any atom is -0.484 e. The van der Waals surface area contributed by atoms with Crippen LogP contribution in [0.2, 0.25) is 5.02 Å². The topological polar surface area (TPSA) is 99.0 Å². The van der Waals surface area contributed by atoms with E-state index in [0.29, 0.717) is 33.3 Å². The first kappa shape index (κ1) is 20.2. The van der Waals surface area contributed by atoms with Gasteiger partial charge in [-0.1, -0.05) is 48.0 Å². The quantitative estimate of drug-likeness (QED) is 0.447. The molecule has 4 rings (SSSR count). The van der Waals surface area contributed by atoms with Crippen molar-refractivity contribution < 1.29 is 14.3 Å². The zero-order valence-corrected chi connectivity index (χ0v) is 16.9. The van der Waals surface area contributed by atoms with Gasteiger partial charge in [-0.2, -0.15) is 0 Å². The summed E-state index contributed by atoms with van der Waals surface area (Å²) in [6.45, 7) is -0.249. The van der Waals surface area contributed by atoms with Gasteiger partial charge in [-0.25, -0.2) is 4.68 Å². The summed E-state index contributed by atoms with van der Waals surface area (Å²) >= 11 is 6.08. The van der Waals surface area contributed by atoms with Crippen molar-refractivity contribution >= 4 is 29.0 Å². The highest BCUT2D eigenvalue weighted by molar-refractivity contribution is 6.31. The summed E-state index contributed by atoms with van der Waals surface area (Å²) in [6.07, 6.45) is 1.46. The van der Waals surface area contributed by atoms with Gasteiger partial charge in [0.1, 0.15) is 12.1 Å². The van der Waals surface area contributed by atoms with E-state index in [0.717, 1.165) is 0 Å². The highest BCUT2D eigenvalue weighted by Crippen LogP contribution is 2.24. The Morgan fingerprint density at radius 1 is 1.00 bits per heavy atom. The first-order valence-electron chi connectivity index (χ1n) is 9.25. The number of aromatic nitrogens is 4. The van der Waals surface area contributed by atoms with Gasteiger partial charge in [0.2, 0.25) is 0 Å². The predicted molar refractivity (Wildman–Crippen MR) is 115 cm³/mol. The largest absolute Gasteiger partial charge is 0.484 e. The normalized spacial score (nSPS) is 10.5. The number of nitrogens with one attached hydrogen (secondary N) is 1. The molecule has 0 unspecified atom stereocenters. The lowest BCUT2D eigenvalue weighted by molar-refractivity contribution is -0.118. The van der Waals surface area contributed by atoms with Crippen molar-refractivity contribution in [2.24, 2.45) is 0 Å². The Kier molecular flexibility index (Phi) is 6.00. The van der Waals surface area contributed by atoms with E-state index in [-0.39, 0.29) is 12.4 Å². The Balaban J connectivity index is 1.46. The summed E-state index contributed by atoms with van der Waals surface area (Å²) < 4.78 is 7.06. The molecule has 0 radical (unpaired) electrons. The van der Waals surface area contributed by atoms with Crippen LogP contribution in [-0.4, -0.2) is 38.5 Å². The smallest absolute Gasteiger partial charge is 0.262 e. The number of benzene rings is 3. The third-order valence-corrected chi connectivity index (χ3v) is 4.57. The van der Waals surface area contributed by atoms with Crippen LogP contribution in [0.1, 0.15) is 15.9 Å². The Hall–Kier alpha value is -4.04. The first-order chi connectivity index (χ1) is 15.1. The molecule has 0 aliphatic rings. The number of rotatable bonds is 7. The van der Waals surface area contributed by atoms with E-state index in [1.165, 1.54) is 17.1 Å². The van der Waals surface area contributed by atoms with Crippen LogP contribution in [0.25, 0.3) is 5.69 Å². The Morgan fingerprint density at radius 3 is 2.61 bits per heavy atom. The lowest BCUT2D eigenvalue weighted by Crippen LogP contribution is -2.21. The molecule has 1 amide bonds. The second kappa shape index (κ2) is 9.19. The lowest BCUT2D eigenvalue weighted by Gasteiger charge is -2.12. The van der Waals surface area contributed by atoms with Gasteiger partial charge in [-0.15, -0.1) is 5.10 Å². The molecule has 0 saturated carbocycles. The summed E-state index contributed by atoms with van der Waals surface area (Å²) in [5.74, 6) is -0.189. The van der Waals surface area contributed by atoms with Crippen molar-refractivity contribution in [2.75, 3.05) is 11.9 Å². The fourth-order valence-electron chi connectivity index (χ4n) is 2.89. The fraction of sp³-hybridized carbons (Fsp3) is 0.0455. The molecule has 3 aromatic carbocycles. The van der Waals surface area contributed by atoms with Gasteiger partial charge in [0.25, 0.3) is 5.91 Å². The monoisotopic (exact) mass is 433 g/mol. The molecular weight excluding hydrogens is 418 g/mol. The van der Waals surface area contributed by atoms with Gasteiger partial charge >= 0.3 is 0 Å². The molecule has 9 heteroatoms. The van der Waals surface area contributed by atoms with Gasteiger partial charge in [0.05, 0.1) is 11.4 Å². The third-order valence-electron chi connectivity index (χ3n) is 4.34. The number of hydrogen-bond acceptors (Lipinski definition) is 6. The van der Waals surface area contributed by atoms with E-state index in [1.807, 2.05) is 6.07 Å². The maximum Gasteiger partial charge on any atom is 0.262 e. The average Bonchev–Trinajstić information content (AvgIpc) is 3.34. The summed E-state index contributed by atoms with van der Waals surface area (Å²) in [5.41, 5.74) is 1.84. The van der Waals surface area contributed by atoms with Crippen molar-refractivity contribution in [2.45, 2.75) is 0 Å². The van der Waals surface area contributed by atoms with Crippen LogP contribution in [0.15, 0.2) is 79.1 Å². The molecule has 154 valence electrons. The number of hydrogen-bond donors (Lipinski definition) is 1. The predicted octanol–water partition coefficient (Wildman–Crippen LogP) is 3.56. The molecule has 0 aliphatic heterocycles. The Labute approximate surface area is 182 Å². The van der Waals surface area contributed by atoms with Crippen LogP contribution in [0.3, 0.4) is 0 Å². The maximum absolute atomic E-state index is 12.9. The van der Waals surface area contributed by atoms with Gasteiger partial charge in [0, 0.05) is 22.2 Å². The zero-order valence-electron chi connectivity index (χ0n) is 16.1. The van der Waals surface area contributed by atoms with Crippen LogP contribution in [-0.2, 0) is 4.79 Å². The molecule has 1 aromatic heterocycles. The standard InChI is InChI=1S/C22H16ClN5O3/c23-16-9-10-20(19(11-16)22(30)15-5-2-1-3-6-15)25-21(29)13-31-18-8-4-7-17(12-18)28-14-24-26-27-28/h1-12,14H,13H2,(H,25,29). The van der Waals surface area contributed by atoms with Crippen LogP contribution >= 0.6 is 11.6 Å². The summed E-state index contributed by atoms with van der Waals surface area (Å²) in [6, 6.07) is 20.5. The molecule has 0 bridgehead atoms. The second-order valence-electron chi connectivity index (χ2n) is 6.47. The molecule has 8 nitrogen and oxygen atoms in total. The highest BCUT2D eigenvalue weighted by Gasteiger charge is 2.16. The van der Waals surface area contributed by atoms with Crippen molar-refractivity contribution in [3.05, 3.63) is 95.3 Å². The van der Waals surface area contributed by atoms with E-state index in [4.69, 9.17) is 16.3 Å². The van der Waals surface area contributed by atoms with Crippen molar-refractivity contribution in [1.82, 2.24) is 20.2 Å². The molecule has 4 aromatic rings. The fourth-order valence-corrected chi connectivity index (χ4v) is 3.06. The molecule has 1 heterocycles. The van der Waals surface area contributed by atoms with Crippen molar-refractivity contribution in [3.8, 4) is 11.4 Å². The number of ether oxygens (including phenoxy) is 1. The summed E-state index contributed by atoms with van der Waals surface area (Å²) in [7, 11) is 0. The van der Waals surface area contributed by atoms with E-state index in [9.17, 15) is 9.59 Å². The van der Waals surface area contributed by atoms with E-state index in [1.54, 1.807) is 60.7 Å². The number of carbonyl (C=O) groups excluding carboxylic acids is 2. The molecule has 0 spiro atoms. The van der Waals surface area contributed by atoms with E-state index in [2.05, 4.69) is 20.8 Å². The van der Waals surface area contributed by atoms with E-state index >= 15 is 0 Å². The van der Waals surface area contributed by atoms with Gasteiger partial charge in [-0.3, -0.25) is 9.59 Å². The molecule has 0 fully saturated rings. The van der Waals surface area contributed by atoms with Gasteiger partial charge in [-0.05, 0) is 40.8 Å². The van der Waals surface area contributed by atoms with Crippen LogP contribution in [0.5, 0.6) is 5.75 Å². The third kappa shape index (κ3) is 4.93. The average molecular weight is 434 g/mol.